The van der Waals surface area contributed by atoms with Gasteiger partial charge in [-0.15, -0.1) is 0 Å². The van der Waals surface area contributed by atoms with Gasteiger partial charge in [0.05, 0.1) is 11.3 Å². The average Bonchev–Trinajstić information content (AvgIpc) is 3.07. The summed E-state index contributed by atoms with van der Waals surface area (Å²) in [4.78, 5) is 44.8. The maximum absolute atomic E-state index is 12.9. The number of fused-ring (bicyclic) bond motifs is 1. The number of nitrogens with one attached hydrogen (secondary N) is 2. The van der Waals surface area contributed by atoms with Crippen molar-refractivity contribution in [3.05, 3.63) is 59.4 Å². The van der Waals surface area contributed by atoms with Crippen molar-refractivity contribution in [3.8, 4) is 0 Å². The van der Waals surface area contributed by atoms with Gasteiger partial charge in [-0.1, -0.05) is 0 Å². The second-order valence-corrected chi connectivity index (χ2v) is 7.85. The molecule has 168 valence electrons. The summed E-state index contributed by atoms with van der Waals surface area (Å²) >= 11 is 0. The fourth-order valence-corrected chi connectivity index (χ4v) is 3.28. The number of hydrogen-bond donors (Lipinski definition) is 2. The van der Waals surface area contributed by atoms with Gasteiger partial charge in [-0.25, -0.2) is 9.78 Å². The van der Waals surface area contributed by atoms with Crippen LogP contribution in [0.1, 0.15) is 33.3 Å². The minimum atomic E-state index is -0.369. The molecular weight excluding hydrogens is 408 g/mol. The molecule has 32 heavy (non-hydrogen) atoms. The Morgan fingerprint density at radius 2 is 1.66 bits per heavy atom. The maximum atomic E-state index is 12.9. The highest BCUT2D eigenvalue weighted by atomic mass is 16.2. The number of anilines is 2. The Hall–Kier alpha value is -3.72. The Kier molecular flexibility index (Phi) is 6.89. The van der Waals surface area contributed by atoms with Crippen LogP contribution < -0.4 is 15.5 Å². The first kappa shape index (κ1) is 23.0. The molecule has 2 aromatic heterocycles. The van der Waals surface area contributed by atoms with Gasteiger partial charge in [-0.2, -0.15) is 0 Å². The van der Waals surface area contributed by atoms with Gasteiger partial charge in [-0.3, -0.25) is 18.9 Å². The SMILES string of the molecule is CC(=O)c1ccc(NC(=O)N(C)c2c(C)nc3ccc(C(=O)NCCN(C)C)cn23)cc1. The summed E-state index contributed by atoms with van der Waals surface area (Å²) in [6.07, 6.45) is 1.68. The predicted octanol–water partition coefficient (Wildman–Crippen LogP) is 2.81. The minimum Gasteiger partial charge on any atom is -0.351 e. The molecule has 0 aliphatic heterocycles. The zero-order valence-corrected chi connectivity index (χ0v) is 19.0. The van der Waals surface area contributed by atoms with E-state index in [0.29, 0.717) is 40.5 Å². The lowest BCUT2D eigenvalue weighted by atomic mass is 10.1. The van der Waals surface area contributed by atoms with Gasteiger partial charge in [0.1, 0.15) is 11.5 Å². The van der Waals surface area contributed by atoms with Crippen molar-refractivity contribution in [1.29, 1.82) is 0 Å². The molecule has 0 atom stereocenters. The summed E-state index contributed by atoms with van der Waals surface area (Å²) in [5, 5.41) is 5.70. The second-order valence-electron chi connectivity index (χ2n) is 7.85. The molecule has 3 rings (SSSR count). The Bertz CT molecular complexity index is 1150. The van der Waals surface area contributed by atoms with E-state index in [4.69, 9.17) is 0 Å². The van der Waals surface area contributed by atoms with Crippen LogP contribution in [-0.2, 0) is 0 Å². The van der Waals surface area contributed by atoms with Crippen molar-refractivity contribution < 1.29 is 14.4 Å². The maximum Gasteiger partial charge on any atom is 0.327 e. The Balaban J connectivity index is 1.81. The van der Waals surface area contributed by atoms with Crippen molar-refractivity contribution in [1.82, 2.24) is 19.6 Å². The van der Waals surface area contributed by atoms with Gasteiger partial charge < -0.3 is 15.5 Å². The number of ketones is 1. The molecule has 3 amide bonds. The first-order chi connectivity index (χ1) is 15.2. The molecule has 0 bridgehead atoms. The number of Topliss-reactive ketones (excluding diaryl/α,β-unsaturated/α-hetero) is 1. The fourth-order valence-electron chi connectivity index (χ4n) is 3.28. The third-order valence-corrected chi connectivity index (χ3v) is 5.03. The van der Waals surface area contributed by atoms with Crippen molar-refractivity contribution in [2.24, 2.45) is 0 Å². The van der Waals surface area contributed by atoms with Gasteiger partial charge in [0.25, 0.3) is 5.91 Å². The number of aryl methyl sites for hydroxylation is 1. The van der Waals surface area contributed by atoms with Gasteiger partial charge in [-0.05, 0) is 64.3 Å². The van der Waals surface area contributed by atoms with Crippen LogP contribution in [0.2, 0.25) is 0 Å². The summed E-state index contributed by atoms with van der Waals surface area (Å²) in [7, 11) is 5.52. The summed E-state index contributed by atoms with van der Waals surface area (Å²) in [6.45, 7) is 4.57. The Labute approximate surface area is 187 Å². The van der Waals surface area contributed by atoms with Crippen LogP contribution >= 0.6 is 0 Å². The predicted molar refractivity (Wildman–Crippen MR) is 125 cm³/mol. The third-order valence-electron chi connectivity index (χ3n) is 5.03. The summed E-state index contributed by atoms with van der Waals surface area (Å²) in [5.74, 6) is 0.326. The molecule has 3 aromatic rings. The molecular formula is C23H28N6O3. The molecule has 2 N–H and O–H groups in total. The first-order valence-corrected chi connectivity index (χ1v) is 10.2. The van der Waals surface area contributed by atoms with Crippen LogP contribution in [0.25, 0.3) is 5.65 Å². The lowest BCUT2D eigenvalue weighted by Gasteiger charge is -2.19. The van der Waals surface area contributed by atoms with Crippen LogP contribution in [0.5, 0.6) is 0 Å². The number of nitrogens with zero attached hydrogens (tertiary/aromatic N) is 4. The standard InChI is InChI=1S/C23H28N6O3/c1-15-22(28(5)23(32)26-19-9-6-17(7-10-19)16(2)30)29-14-18(8-11-20(29)25-15)21(31)24-12-13-27(3)4/h6-11,14H,12-13H2,1-5H3,(H,24,31)(H,26,32). The van der Waals surface area contributed by atoms with Gasteiger partial charge in [0.2, 0.25) is 0 Å². The van der Waals surface area contributed by atoms with E-state index in [-0.39, 0.29) is 17.7 Å². The van der Waals surface area contributed by atoms with E-state index < -0.39 is 0 Å². The highest BCUT2D eigenvalue weighted by molar-refractivity contribution is 6.02. The van der Waals surface area contributed by atoms with E-state index in [9.17, 15) is 14.4 Å². The normalized spacial score (nSPS) is 10.9. The third kappa shape index (κ3) is 5.12. The number of urea groups is 1. The van der Waals surface area contributed by atoms with Gasteiger partial charge in [0.15, 0.2) is 5.78 Å². The number of hydrogen-bond acceptors (Lipinski definition) is 5. The van der Waals surface area contributed by atoms with Crippen LogP contribution in [0.4, 0.5) is 16.3 Å². The lowest BCUT2D eigenvalue weighted by Crippen LogP contribution is -2.33. The molecule has 0 saturated heterocycles. The molecule has 0 aliphatic carbocycles. The molecule has 0 aliphatic rings. The minimum absolute atomic E-state index is 0.0390. The number of likely N-dealkylation sites (N-methyl/N-ethyl adjacent to an activating group) is 1. The molecule has 2 heterocycles. The molecule has 9 heteroatoms. The molecule has 1 aromatic carbocycles. The van der Waals surface area contributed by atoms with E-state index in [1.807, 2.05) is 25.9 Å². The Morgan fingerprint density at radius 1 is 1.00 bits per heavy atom. The summed E-state index contributed by atoms with van der Waals surface area (Å²) < 4.78 is 1.73. The topological polar surface area (TPSA) is 99.0 Å². The number of benzene rings is 1. The zero-order valence-electron chi connectivity index (χ0n) is 19.0. The number of aromatic nitrogens is 2. The Morgan fingerprint density at radius 3 is 2.28 bits per heavy atom. The smallest absolute Gasteiger partial charge is 0.327 e. The van der Waals surface area contributed by atoms with Crippen LogP contribution in [0.3, 0.4) is 0 Å². The number of imidazole rings is 1. The molecule has 0 unspecified atom stereocenters. The fraction of sp³-hybridized carbons (Fsp3) is 0.304. The van der Waals surface area contributed by atoms with Gasteiger partial charge in [0, 0.05) is 37.6 Å². The number of carbonyl (C=O) groups is 3. The van der Waals surface area contributed by atoms with Crippen molar-refractivity contribution in [3.63, 3.8) is 0 Å². The van der Waals surface area contributed by atoms with E-state index in [1.54, 1.807) is 54.0 Å². The average molecular weight is 437 g/mol. The monoisotopic (exact) mass is 436 g/mol. The zero-order chi connectivity index (χ0) is 23.4. The number of carbonyl (C=O) groups excluding carboxylic acids is 3. The molecule has 9 nitrogen and oxygen atoms in total. The van der Waals surface area contributed by atoms with Crippen molar-refractivity contribution in [2.75, 3.05) is 44.4 Å². The molecule has 0 saturated carbocycles. The van der Waals surface area contributed by atoms with Gasteiger partial charge >= 0.3 is 6.03 Å². The molecule has 0 fully saturated rings. The van der Waals surface area contributed by atoms with E-state index >= 15 is 0 Å². The first-order valence-electron chi connectivity index (χ1n) is 10.2. The summed E-state index contributed by atoms with van der Waals surface area (Å²) in [6, 6.07) is 9.79. The van der Waals surface area contributed by atoms with Crippen LogP contribution in [0, 0.1) is 6.92 Å². The summed E-state index contributed by atoms with van der Waals surface area (Å²) in [5.41, 5.74) is 2.90. The molecule has 0 spiro atoms. The quantitative estimate of drug-likeness (QED) is 0.555. The second kappa shape index (κ2) is 9.61. The molecule has 0 radical (unpaired) electrons. The number of amides is 3. The highest BCUT2D eigenvalue weighted by Gasteiger charge is 2.20. The lowest BCUT2D eigenvalue weighted by molar-refractivity contribution is 0.0949. The largest absolute Gasteiger partial charge is 0.351 e. The van der Waals surface area contributed by atoms with Crippen LogP contribution in [-0.4, -0.2) is 66.2 Å². The number of rotatable bonds is 7. The van der Waals surface area contributed by atoms with Crippen molar-refractivity contribution >= 4 is 34.9 Å². The number of pyridine rings is 1. The van der Waals surface area contributed by atoms with E-state index in [1.165, 1.54) is 11.8 Å². The highest BCUT2D eigenvalue weighted by Crippen LogP contribution is 2.23. The van der Waals surface area contributed by atoms with E-state index in [0.717, 1.165) is 6.54 Å². The van der Waals surface area contributed by atoms with Crippen molar-refractivity contribution in [2.45, 2.75) is 13.8 Å². The van der Waals surface area contributed by atoms with E-state index in [2.05, 4.69) is 15.6 Å². The van der Waals surface area contributed by atoms with Crippen LogP contribution in [0.15, 0.2) is 42.6 Å².